The molecule has 1 heterocycles. The van der Waals surface area contributed by atoms with Gasteiger partial charge < -0.3 is 14.8 Å². The van der Waals surface area contributed by atoms with Crippen LogP contribution in [0.1, 0.15) is 49.7 Å². The molecular weight excluding hydrogens is 428 g/mol. The van der Waals surface area contributed by atoms with Crippen LogP contribution in [-0.4, -0.2) is 26.3 Å². The number of carbonyl (C=O) groups excluding carboxylic acids is 1. The highest BCUT2D eigenvalue weighted by Crippen LogP contribution is 2.44. The van der Waals surface area contributed by atoms with E-state index in [1.165, 1.54) is 7.11 Å². The molecule has 2 aliphatic rings. The first-order chi connectivity index (χ1) is 15.2. The lowest BCUT2D eigenvalue weighted by molar-refractivity contribution is -0.142. The Morgan fingerprint density at radius 2 is 2.03 bits per heavy atom. The van der Waals surface area contributed by atoms with E-state index in [4.69, 9.17) is 9.47 Å². The zero-order valence-corrected chi connectivity index (χ0v) is 17.8. The molecule has 1 aliphatic heterocycles. The number of alkyl halides is 3. The molecule has 1 saturated carbocycles. The molecule has 32 heavy (non-hydrogen) atoms. The maximum atomic E-state index is 13.8. The van der Waals surface area contributed by atoms with Gasteiger partial charge in [-0.1, -0.05) is 12.5 Å². The number of carbonyl (C=O) groups is 1. The molecule has 0 aromatic heterocycles. The Hall–Kier alpha value is -2.86. The fourth-order valence-corrected chi connectivity index (χ4v) is 3.95. The number of dihydropyridines is 1. The molecule has 1 fully saturated rings. The molecule has 0 radical (unpaired) electrons. The Morgan fingerprint density at radius 1 is 1.31 bits per heavy atom. The number of rotatable bonds is 7. The van der Waals surface area contributed by atoms with Gasteiger partial charge in [0, 0.05) is 24.9 Å². The summed E-state index contributed by atoms with van der Waals surface area (Å²) in [5.41, 5.74) is -1.11. The standard InChI is InChI=1S/C23H24F4N2O3/c1-13-17(11-28)20(16-7-6-15(24)10-18(16)23(25,26)27)21(19(29-13)8-9-31-2)22(30)32-12-14-4-3-5-14/h6-7,10,14,20,29H,3-5,8-9,12H2,1-2H3. The van der Waals surface area contributed by atoms with Crippen molar-refractivity contribution >= 4 is 5.97 Å². The van der Waals surface area contributed by atoms with Crippen molar-refractivity contribution in [3.8, 4) is 6.07 Å². The lowest BCUT2D eigenvalue weighted by Crippen LogP contribution is -2.32. The predicted molar refractivity (Wildman–Crippen MR) is 107 cm³/mol. The number of nitrogens with one attached hydrogen (secondary N) is 1. The molecule has 0 spiro atoms. The highest BCUT2D eigenvalue weighted by molar-refractivity contribution is 5.93. The number of nitrogens with zero attached hydrogens (tertiary/aromatic N) is 1. The molecule has 1 aliphatic carbocycles. The molecule has 1 unspecified atom stereocenters. The Kier molecular flexibility index (Phi) is 7.24. The zero-order valence-electron chi connectivity index (χ0n) is 17.8. The highest BCUT2D eigenvalue weighted by Gasteiger charge is 2.42. The highest BCUT2D eigenvalue weighted by atomic mass is 19.4. The normalized spacial score (nSPS) is 19.3. The van der Waals surface area contributed by atoms with Gasteiger partial charge in [-0.25, -0.2) is 9.18 Å². The van der Waals surface area contributed by atoms with E-state index in [1.807, 2.05) is 6.07 Å². The van der Waals surface area contributed by atoms with E-state index >= 15 is 0 Å². The summed E-state index contributed by atoms with van der Waals surface area (Å²) in [5, 5.41) is 12.7. The van der Waals surface area contributed by atoms with Gasteiger partial charge in [0.25, 0.3) is 0 Å². The number of esters is 1. The quantitative estimate of drug-likeness (QED) is 0.468. The third-order valence-electron chi connectivity index (χ3n) is 5.85. The lowest BCUT2D eigenvalue weighted by Gasteiger charge is -2.32. The van der Waals surface area contributed by atoms with Crippen molar-refractivity contribution in [1.29, 1.82) is 5.26 Å². The topological polar surface area (TPSA) is 71.3 Å². The predicted octanol–water partition coefficient (Wildman–Crippen LogP) is 4.96. The Morgan fingerprint density at radius 3 is 2.59 bits per heavy atom. The minimum atomic E-state index is -4.88. The molecule has 1 aromatic carbocycles. The number of nitriles is 1. The Labute approximate surface area is 183 Å². The van der Waals surface area contributed by atoms with Crippen LogP contribution in [0.25, 0.3) is 0 Å². The summed E-state index contributed by atoms with van der Waals surface area (Å²) >= 11 is 0. The van der Waals surface area contributed by atoms with E-state index in [9.17, 15) is 27.6 Å². The van der Waals surface area contributed by atoms with E-state index in [1.54, 1.807) is 6.92 Å². The van der Waals surface area contributed by atoms with Crippen LogP contribution in [-0.2, 0) is 20.4 Å². The van der Waals surface area contributed by atoms with Crippen LogP contribution in [0.5, 0.6) is 0 Å². The molecule has 9 heteroatoms. The second kappa shape index (κ2) is 9.74. The van der Waals surface area contributed by atoms with Crippen molar-refractivity contribution in [2.75, 3.05) is 20.3 Å². The SMILES string of the molecule is COCCC1=C(C(=O)OCC2CCC2)C(c2ccc(F)cc2C(F)(F)F)C(C#N)=C(C)N1. The summed E-state index contributed by atoms with van der Waals surface area (Å²) < 4.78 is 65.7. The molecule has 0 saturated heterocycles. The molecule has 5 nitrogen and oxygen atoms in total. The molecule has 1 atom stereocenters. The van der Waals surface area contributed by atoms with Gasteiger partial charge in [0.15, 0.2) is 0 Å². The number of hydrogen-bond acceptors (Lipinski definition) is 5. The van der Waals surface area contributed by atoms with Gasteiger partial charge >= 0.3 is 12.1 Å². The van der Waals surface area contributed by atoms with Crippen LogP contribution >= 0.6 is 0 Å². The van der Waals surface area contributed by atoms with Crippen molar-refractivity contribution in [2.45, 2.75) is 44.7 Å². The summed E-state index contributed by atoms with van der Waals surface area (Å²) in [7, 11) is 1.46. The summed E-state index contributed by atoms with van der Waals surface area (Å²) in [5.74, 6) is -2.98. The average molecular weight is 452 g/mol. The minimum absolute atomic E-state index is 0.0566. The lowest BCUT2D eigenvalue weighted by atomic mass is 9.78. The van der Waals surface area contributed by atoms with E-state index in [0.717, 1.165) is 31.4 Å². The monoisotopic (exact) mass is 452 g/mol. The number of ether oxygens (including phenoxy) is 2. The van der Waals surface area contributed by atoms with Crippen LogP contribution < -0.4 is 5.32 Å². The Bertz CT molecular complexity index is 988. The smallest absolute Gasteiger partial charge is 0.416 e. The largest absolute Gasteiger partial charge is 0.462 e. The van der Waals surface area contributed by atoms with E-state index in [0.29, 0.717) is 17.5 Å². The Balaban J connectivity index is 2.15. The van der Waals surface area contributed by atoms with Crippen LogP contribution in [0.15, 0.2) is 40.7 Å². The van der Waals surface area contributed by atoms with Crippen molar-refractivity contribution in [3.63, 3.8) is 0 Å². The van der Waals surface area contributed by atoms with Crippen LogP contribution in [0, 0.1) is 23.1 Å². The van der Waals surface area contributed by atoms with Gasteiger partial charge in [0.2, 0.25) is 0 Å². The van der Waals surface area contributed by atoms with Gasteiger partial charge in [-0.3, -0.25) is 0 Å². The fraction of sp³-hybridized carbons (Fsp3) is 0.478. The van der Waals surface area contributed by atoms with Crippen molar-refractivity contribution in [1.82, 2.24) is 5.32 Å². The second-order valence-corrected chi connectivity index (χ2v) is 7.97. The molecule has 1 aromatic rings. The van der Waals surface area contributed by atoms with Crippen LogP contribution in [0.2, 0.25) is 0 Å². The van der Waals surface area contributed by atoms with Gasteiger partial charge in [0.05, 0.1) is 41.9 Å². The number of allylic oxidation sites excluding steroid dienone is 2. The summed E-state index contributed by atoms with van der Waals surface area (Å²) in [6, 6.07) is 4.18. The van der Waals surface area contributed by atoms with E-state index in [2.05, 4.69) is 5.32 Å². The van der Waals surface area contributed by atoms with Gasteiger partial charge in [-0.2, -0.15) is 18.4 Å². The van der Waals surface area contributed by atoms with E-state index in [-0.39, 0.29) is 42.3 Å². The molecule has 0 bridgehead atoms. The average Bonchev–Trinajstić information content (AvgIpc) is 2.69. The molecular formula is C23H24F4N2O3. The summed E-state index contributed by atoms with van der Waals surface area (Å²) in [4.78, 5) is 13.1. The first kappa shape index (κ1) is 23.8. The zero-order chi connectivity index (χ0) is 23.5. The molecule has 3 rings (SSSR count). The fourth-order valence-electron chi connectivity index (χ4n) is 3.95. The molecule has 1 N–H and O–H groups in total. The number of benzene rings is 1. The molecule has 0 amide bonds. The first-order valence-electron chi connectivity index (χ1n) is 10.3. The van der Waals surface area contributed by atoms with Gasteiger partial charge in [-0.15, -0.1) is 0 Å². The number of methoxy groups -OCH3 is 1. The maximum absolute atomic E-state index is 13.8. The summed E-state index contributed by atoms with van der Waals surface area (Å²) in [6.07, 6.45) is -1.81. The van der Waals surface area contributed by atoms with Crippen molar-refractivity contribution in [2.24, 2.45) is 5.92 Å². The van der Waals surface area contributed by atoms with E-state index < -0.39 is 29.4 Å². The maximum Gasteiger partial charge on any atom is 0.416 e. The summed E-state index contributed by atoms with van der Waals surface area (Å²) in [6.45, 7) is 1.90. The van der Waals surface area contributed by atoms with Crippen LogP contribution in [0.3, 0.4) is 0 Å². The number of halogens is 4. The third kappa shape index (κ3) is 4.96. The van der Waals surface area contributed by atoms with Gasteiger partial charge in [-0.05, 0) is 43.4 Å². The second-order valence-electron chi connectivity index (χ2n) is 7.97. The minimum Gasteiger partial charge on any atom is -0.462 e. The van der Waals surface area contributed by atoms with Gasteiger partial charge in [0.1, 0.15) is 5.82 Å². The first-order valence-corrected chi connectivity index (χ1v) is 10.3. The van der Waals surface area contributed by atoms with Crippen LogP contribution in [0.4, 0.5) is 17.6 Å². The van der Waals surface area contributed by atoms with Crippen molar-refractivity contribution in [3.05, 3.63) is 57.7 Å². The molecule has 172 valence electrons. The van der Waals surface area contributed by atoms with Crippen molar-refractivity contribution < 1.29 is 31.8 Å². The third-order valence-corrected chi connectivity index (χ3v) is 5.85. The number of hydrogen-bond donors (Lipinski definition) is 1.